The van der Waals surface area contributed by atoms with E-state index < -0.39 is 12.7 Å². The molecule has 1 N–H and O–H groups in total. The van der Waals surface area contributed by atoms with Gasteiger partial charge < -0.3 is 10.1 Å². The number of hydrogen-bond donors (Lipinski definition) is 1. The van der Waals surface area contributed by atoms with Gasteiger partial charge in [-0.05, 0) is 42.0 Å². The Morgan fingerprint density at radius 2 is 1.94 bits per heavy atom. The molecular formula is C20H18F3N5OS2. The minimum Gasteiger partial charge on any atom is -0.495 e. The zero-order valence-corrected chi connectivity index (χ0v) is 18.0. The monoisotopic (exact) mass is 465 g/mol. The highest BCUT2D eigenvalue weighted by Gasteiger charge is 2.31. The highest BCUT2D eigenvalue weighted by atomic mass is 32.1. The molecule has 0 amide bonds. The molecule has 0 radical (unpaired) electrons. The first kappa shape index (κ1) is 22.7. The average molecular weight is 466 g/mol. The van der Waals surface area contributed by atoms with Crippen LogP contribution < -0.4 is 10.1 Å². The van der Waals surface area contributed by atoms with Gasteiger partial charge >= 0.3 is 6.18 Å². The highest BCUT2D eigenvalue weighted by molar-refractivity contribution is 7.73. The molecule has 0 unspecified atom stereocenters. The van der Waals surface area contributed by atoms with Crippen LogP contribution in [0, 0.1) is 15.3 Å². The van der Waals surface area contributed by atoms with E-state index in [1.54, 1.807) is 43.5 Å². The van der Waals surface area contributed by atoms with Gasteiger partial charge in [0.2, 0.25) is 5.13 Å². The van der Waals surface area contributed by atoms with Crippen molar-refractivity contribution in [2.45, 2.75) is 19.4 Å². The predicted octanol–water partition coefficient (Wildman–Crippen LogP) is 5.32. The Hall–Kier alpha value is -2.94. The summed E-state index contributed by atoms with van der Waals surface area (Å²) in [5, 5.41) is 16.8. The number of rotatable bonds is 8. The molecule has 162 valence electrons. The van der Waals surface area contributed by atoms with Crippen LogP contribution in [-0.4, -0.2) is 34.5 Å². The molecule has 3 rings (SSSR count). The number of aromatic nitrogens is 2. The van der Waals surface area contributed by atoms with Crippen LogP contribution in [0.3, 0.4) is 0 Å². The molecule has 2 aromatic carbocycles. The van der Waals surface area contributed by atoms with Crippen LogP contribution in [0.5, 0.6) is 5.75 Å². The van der Waals surface area contributed by atoms with Crippen molar-refractivity contribution in [3.63, 3.8) is 0 Å². The van der Waals surface area contributed by atoms with Crippen LogP contribution in [-0.2, 0) is 13.2 Å². The molecule has 0 spiro atoms. The van der Waals surface area contributed by atoms with Gasteiger partial charge in [-0.25, -0.2) is 4.68 Å². The van der Waals surface area contributed by atoms with E-state index in [9.17, 15) is 13.2 Å². The maximum atomic E-state index is 13.1. The van der Waals surface area contributed by atoms with Crippen molar-refractivity contribution in [3.8, 4) is 11.8 Å². The molecule has 0 saturated heterocycles. The number of nitriles is 1. The number of methoxy groups -OCH3 is 1. The van der Waals surface area contributed by atoms with Gasteiger partial charge in [-0.15, -0.1) is 5.10 Å². The number of hydrogen-bond acceptors (Lipinski definition) is 7. The Labute approximate surface area is 186 Å². The Balaban J connectivity index is 1.78. The van der Waals surface area contributed by atoms with Gasteiger partial charge in [0.05, 0.1) is 37.6 Å². The molecule has 0 atom stereocenters. The van der Waals surface area contributed by atoms with Crippen LogP contribution in [0.2, 0.25) is 0 Å². The van der Waals surface area contributed by atoms with Crippen molar-refractivity contribution in [3.05, 3.63) is 63.6 Å². The maximum absolute atomic E-state index is 13.1. The fourth-order valence-corrected chi connectivity index (χ4v) is 3.86. The second-order valence-electron chi connectivity index (χ2n) is 6.55. The summed E-state index contributed by atoms with van der Waals surface area (Å²) in [4.78, 5) is 1.20. The number of anilines is 2. The second-order valence-corrected chi connectivity index (χ2v) is 8.17. The van der Waals surface area contributed by atoms with Crippen LogP contribution in [0.1, 0.15) is 11.1 Å². The van der Waals surface area contributed by atoms with Crippen molar-refractivity contribution in [1.29, 1.82) is 5.26 Å². The number of halogens is 3. The van der Waals surface area contributed by atoms with Crippen molar-refractivity contribution < 1.29 is 17.9 Å². The summed E-state index contributed by atoms with van der Waals surface area (Å²) >= 11 is 6.47. The van der Waals surface area contributed by atoms with Gasteiger partial charge in [0.15, 0.2) is 3.95 Å². The number of para-hydroxylation sites is 2. The van der Waals surface area contributed by atoms with E-state index in [0.29, 0.717) is 31.6 Å². The minimum absolute atomic E-state index is 0.0276. The van der Waals surface area contributed by atoms with Crippen LogP contribution in [0.25, 0.3) is 0 Å². The van der Waals surface area contributed by atoms with Crippen LogP contribution in [0.15, 0.2) is 48.5 Å². The Morgan fingerprint density at radius 3 is 2.58 bits per heavy atom. The summed E-state index contributed by atoms with van der Waals surface area (Å²) in [6, 6.07) is 15.6. The molecule has 1 aromatic heterocycles. The highest BCUT2D eigenvalue weighted by Crippen LogP contribution is 2.28. The molecule has 31 heavy (non-hydrogen) atoms. The summed E-state index contributed by atoms with van der Waals surface area (Å²) in [5.74, 6) is 0.606. The number of nitrogens with one attached hydrogen (secondary N) is 1. The lowest BCUT2D eigenvalue weighted by Gasteiger charge is -2.23. The lowest BCUT2D eigenvalue weighted by atomic mass is 10.1. The van der Waals surface area contributed by atoms with Gasteiger partial charge in [0.25, 0.3) is 0 Å². The first-order chi connectivity index (χ1) is 14.8. The zero-order valence-electron chi connectivity index (χ0n) is 16.4. The van der Waals surface area contributed by atoms with Crippen molar-refractivity contribution in [1.82, 2.24) is 14.7 Å². The summed E-state index contributed by atoms with van der Waals surface area (Å²) in [6.07, 6.45) is -4.39. The molecule has 0 fully saturated rings. The van der Waals surface area contributed by atoms with E-state index in [0.717, 1.165) is 11.3 Å². The van der Waals surface area contributed by atoms with Crippen LogP contribution >= 0.6 is 23.6 Å². The normalized spacial score (nSPS) is 11.4. The molecular weight excluding hydrogens is 447 g/mol. The van der Waals surface area contributed by atoms with E-state index in [-0.39, 0.29) is 13.2 Å². The molecule has 0 aliphatic carbocycles. The number of alkyl halides is 3. The second kappa shape index (κ2) is 9.91. The van der Waals surface area contributed by atoms with E-state index in [1.165, 1.54) is 9.58 Å². The molecule has 0 saturated carbocycles. The van der Waals surface area contributed by atoms with Gasteiger partial charge in [0, 0.05) is 6.54 Å². The largest absolute Gasteiger partial charge is 0.495 e. The molecule has 0 bridgehead atoms. The molecule has 0 aliphatic heterocycles. The van der Waals surface area contributed by atoms with Gasteiger partial charge in [-0.2, -0.15) is 18.4 Å². The third-order valence-electron chi connectivity index (χ3n) is 4.18. The smallest absolute Gasteiger partial charge is 0.401 e. The predicted molar refractivity (Wildman–Crippen MR) is 115 cm³/mol. The lowest BCUT2D eigenvalue weighted by Crippen LogP contribution is -2.35. The van der Waals surface area contributed by atoms with E-state index in [2.05, 4.69) is 10.4 Å². The topological polar surface area (TPSA) is 66.1 Å². The minimum atomic E-state index is -4.39. The van der Waals surface area contributed by atoms with Gasteiger partial charge in [-0.1, -0.05) is 35.6 Å². The summed E-state index contributed by atoms with van der Waals surface area (Å²) in [5.41, 5.74) is 1.77. The molecule has 6 nitrogen and oxygen atoms in total. The summed E-state index contributed by atoms with van der Waals surface area (Å²) < 4.78 is 46.4. The van der Waals surface area contributed by atoms with Crippen molar-refractivity contribution >= 4 is 34.4 Å². The van der Waals surface area contributed by atoms with Gasteiger partial charge in [-0.3, -0.25) is 4.90 Å². The molecule has 1 heterocycles. The summed E-state index contributed by atoms with van der Waals surface area (Å²) in [7, 11) is 1.54. The fraction of sp³-hybridized carbons (Fsp3) is 0.250. The van der Waals surface area contributed by atoms with Crippen LogP contribution in [0.4, 0.5) is 24.0 Å². The van der Waals surface area contributed by atoms with Crippen molar-refractivity contribution in [2.24, 2.45) is 0 Å². The lowest BCUT2D eigenvalue weighted by molar-refractivity contribution is -0.151. The Morgan fingerprint density at radius 1 is 1.23 bits per heavy atom. The third kappa shape index (κ3) is 6.52. The third-order valence-corrected chi connectivity index (χ3v) is 5.40. The summed E-state index contributed by atoms with van der Waals surface area (Å²) in [6.45, 7) is -1.23. The van der Waals surface area contributed by atoms with E-state index in [1.807, 2.05) is 18.2 Å². The SMILES string of the molecule is COc1ccccc1Nc1nn(CN(Cc2ccc(C#N)cc2)CC(F)(F)F)c(=S)s1. The molecule has 0 aliphatic rings. The van der Waals surface area contributed by atoms with Gasteiger partial charge in [0.1, 0.15) is 5.75 Å². The number of benzene rings is 2. The maximum Gasteiger partial charge on any atom is 0.401 e. The zero-order chi connectivity index (χ0) is 22.4. The van der Waals surface area contributed by atoms with E-state index in [4.69, 9.17) is 22.2 Å². The molecule has 3 aromatic rings. The quantitative estimate of drug-likeness (QED) is 0.454. The van der Waals surface area contributed by atoms with E-state index >= 15 is 0 Å². The number of nitrogens with zero attached hydrogens (tertiary/aromatic N) is 4. The number of ether oxygens (including phenoxy) is 1. The first-order valence-corrected chi connectivity index (χ1v) is 10.3. The average Bonchev–Trinajstić information content (AvgIpc) is 3.06. The molecule has 11 heteroatoms. The standard InChI is InChI=1S/C20H18F3N5OS2/c1-29-17-5-3-2-4-16(17)25-18-26-28(19(30)31-18)13-27(12-20(21,22)23)11-15-8-6-14(10-24)7-9-15/h2-9H,11-13H2,1H3,(H,25,26). The fourth-order valence-electron chi connectivity index (χ4n) is 2.85. The van der Waals surface area contributed by atoms with Crippen molar-refractivity contribution in [2.75, 3.05) is 19.0 Å². The Kier molecular flexibility index (Phi) is 7.27. The Bertz CT molecular complexity index is 1120. The first-order valence-electron chi connectivity index (χ1n) is 9.03.